The highest BCUT2D eigenvalue weighted by Gasteiger charge is 2.12. The molecule has 2 heteroatoms. The summed E-state index contributed by atoms with van der Waals surface area (Å²) in [4.78, 5) is 11.8. The first-order valence-electron chi connectivity index (χ1n) is 6.63. The molecule has 0 aliphatic heterocycles. The van der Waals surface area contributed by atoms with Crippen LogP contribution in [0.25, 0.3) is 0 Å². The Morgan fingerprint density at radius 1 is 1.05 bits per heavy atom. The van der Waals surface area contributed by atoms with Crippen LogP contribution in [0.2, 0.25) is 0 Å². The predicted octanol–water partition coefficient (Wildman–Crippen LogP) is 3.50. The molecule has 2 nitrogen and oxygen atoms in total. The van der Waals surface area contributed by atoms with Crippen molar-refractivity contribution in [3.05, 3.63) is 69.6 Å². The van der Waals surface area contributed by atoms with E-state index >= 15 is 0 Å². The SMILES string of the molecule is Cc1ccn(Cc2ccc(C(C)(C)C)cc2)c(=O)c1. The Labute approximate surface area is 114 Å². The van der Waals surface area contributed by atoms with Gasteiger partial charge in [0.15, 0.2) is 0 Å². The van der Waals surface area contributed by atoms with Gasteiger partial charge in [-0.15, -0.1) is 0 Å². The Morgan fingerprint density at radius 3 is 2.21 bits per heavy atom. The highest BCUT2D eigenvalue weighted by Crippen LogP contribution is 2.22. The van der Waals surface area contributed by atoms with E-state index in [1.165, 1.54) is 5.56 Å². The lowest BCUT2D eigenvalue weighted by Gasteiger charge is -2.19. The van der Waals surface area contributed by atoms with Crippen LogP contribution in [0.3, 0.4) is 0 Å². The van der Waals surface area contributed by atoms with Gasteiger partial charge in [-0.25, -0.2) is 0 Å². The summed E-state index contributed by atoms with van der Waals surface area (Å²) in [6.45, 7) is 9.17. The molecule has 0 saturated heterocycles. The van der Waals surface area contributed by atoms with Crippen LogP contribution in [-0.4, -0.2) is 4.57 Å². The van der Waals surface area contributed by atoms with Gasteiger partial charge in [-0.2, -0.15) is 0 Å². The average Bonchev–Trinajstić information content (AvgIpc) is 2.32. The van der Waals surface area contributed by atoms with Gasteiger partial charge in [0.1, 0.15) is 0 Å². The maximum absolute atomic E-state index is 11.8. The first kappa shape index (κ1) is 13.6. The second-order valence-corrected chi connectivity index (χ2v) is 6.12. The van der Waals surface area contributed by atoms with Gasteiger partial charge in [0, 0.05) is 12.3 Å². The Morgan fingerprint density at radius 2 is 1.68 bits per heavy atom. The monoisotopic (exact) mass is 255 g/mol. The molecule has 100 valence electrons. The zero-order valence-electron chi connectivity index (χ0n) is 12.1. The van der Waals surface area contributed by atoms with Crippen molar-refractivity contribution in [1.29, 1.82) is 0 Å². The van der Waals surface area contributed by atoms with E-state index in [0.29, 0.717) is 6.54 Å². The molecule has 0 atom stereocenters. The molecule has 0 bridgehead atoms. The van der Waals surface area contributed by atoms with Gasteiger partial charge in [0.2, 0.25) is 0 Å². The molecule has 1 aromatic heterocycles. The Bertz CT molecular complexity index is 615. The van der Waals surface area contributed by atoms with Crippen molar-refractivity contribution in [1.82, 2.24) is 4.57 Å². The molecule has 0 radical (unpaired) electrons. The molecule has 0 spiro atoms. The topological polar surface area (TPSA) is 22.0 Å². The largest absolute Gasteiger partial charge is 0.311 e. The number of aryl methyl sites for hydroxylation is 1. The lowest BCUT2D eigenvalue weighted by Crippen LogP contribution is -2.19. The van der Waals surface area contributed by atoms with Crippen molar-refractivity contribution in [2.24, 2.45) is 0 Å². The van der Waals surface area contributed by atoms with E-state index in [-0.39, 0.29) is 11.0 Å². The van der Waals surface area contributed by atoms with Crippen LogP contribution in [-0.2, 0) is 12.0 Å². The van der Waals surface area contributed by atoms with Gasteiger partial charge in [-0.1, -0.05) is 45.0 Å². The molecule has 0 aliphatic carbocycles. The normalized spacial score (nSPS) is 11.6. The van der Waals surface area contributed by atoms with Crippen molar-refractivity contribution in [2.45, 2.75) is 39.7 Å². The third kappa shape index (κ3) is 3.34. The van der Waals surface area contributed by atoms with Crippen molar-refractivity contribution < 1.29 is 0 Å². The maximum atomic E-state index is 11.8. The van der Waals surface area contributed by atoms with Gasteiger partial charge in [-0.3, -0.25) is 4.79 Å². The van der Waals surface area contributed by atoms with E-state index in [0.717, 1.165) is 11.1 Å². The molecule has 0 amide bonds. The fraction of sp³-hybridized carbons (Fsp3) is 0.353. The second-order valence-electron chi connectivity index (χ2n) is 6.12. The van der Waals surface area contributed by atoms with Crippen LogP contribution in [0.15, 0.2) is 47.4 Å². The van der Waals surface area contributed by atoms with E-state index in [2.05, 4.69) is 45.0 Å². The molecule has 1 heterocycles. The van der Waals surface area contributed by atoms with Gasteiger partial charge in [0.25, 0.3) is 5.56 Å². The zero-order valence-corrected chi connectivity index (χ0v) is 12.1. The van der Waals surface area contributed by atoms with Gasteiger partial charge >= 0.3 is 0 Å². The summed E-state index contributed by atoms with van der Waals surface area (Å²) in [6.07, 6.45) is 1.86. The standard InChI is InChI=1S/C17H21NO/c1-13-9-10-18(16(19)11-13)12-14-5-7-15(8-6-14)17(2,3)4/h5-11H,12H2,1-4H3. The number of benzene rings is 1. The smallest absolute Gasteiger partial charge is 0.251 e. The Kier molecular flexibility index (Phi) is 3.61. The highest BCUT2D eigenvalue weighted by atomic mass is 16.1. The van der Waals surface area contributed by atoms with Gasteiger partial charge < -0.3 is 4.57 Å². The quantitative estimate of drug-likeness (QED) is 0.805. The van der Waals surface area contributed by atoms with Crippen molar-refractivity contribution in [3.8, 4) is 0 Å². The third-order valence-corrected chi connectivity index (χ3v) is 3.32. The summed E-state index contributed by atoms with van der Waals surface area (Å²) < 4.78 is 1.74. The van der Waals surface area contributed by atoms with Crippen molar-refractivity contribution >= 4 is 0 Å². The summed E-state index contributed by atoms with van der Waals surface area (Å²) in [5, 5.41) is 0. The molecule has 0 fully saturated rings. The van der Waals surface area contributed by atoms with Crippen molar-refractivity contribution in [2.75, 3.05) is 0 Å². The first-order valence-corrected chi connectivity index (χ1v) is 6.63. The number of aromatic nitrogens is 1. The molecule has 0 aliphatic rings. The number of rotatable bonds is 2. The van der Waals surface area contributed by atoms with E-state index in [1.807, 2.05) is 19.2 Å². The minimum absolute atomic E-state index is 0.0555. The minimum atomic E-state index is 0.0555. The number of hydrogen-bond acceptors (Lipinski definition) is 1. The average molecular weight is 255 g/mol. The fourth-order valence-corrected chi connectivity index (χ4v) is 2.04. The summed E-state index contributed by atoms with van der Waals surface area (Å²) in [6, 6.07) is 12.1. The van der Waals surface area contributed by atoms with E-state index in [9.17, 15) is 4.79 Å². The maximum Gasteiger partial charge on any atom is 0.251 e. The summed E-state index contributed by atoms with van der Waals surface area (Å²) in [7, 11) is 0. The molecule has 2 aromatic rings. The molecule has 19 heavy (non-hydrogen) atoms. The van der Waals surface area contributed by atoms with Crippen LogP contribution in [0.5, 0.6) is 0 Å². The summed E-state index contributed by atoms with van der Waals surface area (Å²) >= 11 is 0. The van der Waals surface area contributed by atoms with Gasteiger partial charge in [-0.05, 0) is 35.1 Å². The molecular formula is C17H21NO. The van der Waals surface area contributed by atoms with Crippen LogP contribution >= 0.6 is 0 Å². The van der Waals surface area contributed by atoms with E-state index in [4.69, 9.17) is 0 Å². The Hall–Kier alpha value is -1.83. The lowest BCUT2D eigenvalue weighted by atomic mass is 9.87. The summed E-state index contributed by atoms with van der Waals surface area (Å²) in [5.74, 6) is 0. The van der Waals surface area contributed by atoms with Crippen LogP contribution in [0, 0.1) is 6.92 Å². The third-order valence-electron chi connectivity index (χ3n) is 3.32. The minimum Gasteiger partial charge on any atom is -0.311 e. The fourth-order valence-electron chi connectivity index (χ4n) is 2.04. The Balaban J connectivity index is 2.22. The van der Waals surface area contributed by atoms with E-state index < -0.39 is 0 Å². The second kappa shape index (κ2) is 5.04. The number of nitrogens with zero attached hydrogens (tertiary/aromatic N) is 1. The summed E-state index contributed by atoms with van der Waals surface area (Å²) in [5.41, 5.74) is 3.69. The molecule has 0 unspecified atom stereocenters. The molecule has 0 saturated carbocycles. The molecule has 0 N–H and O–H groups in total. The van der Waals surface area contributed by atoms with E-state index in [1.54, 1.807) is 10.6 Å². The van der Waals surface area contributed by atoms with Crippen LogP contribution in [0.1, 0.15) is 37.5 Å². The number of hydrogen-bond donors (Lipinski definition) is 0. The molecular weight excluding hydrogens is 234 g/mol. The van der Waals surface area contributed by atoms with Crippen LogP contribution < -0.4 is 5.56 Å². The first-order chi connectivity index (χ1) is 8.86. The number of pyridine rings is 1. The zero-order chi connectivity index (χ0) is 14.0. The van der Waals surface area contributed by atoms with Crippen LogP contribution in [0.4, 0.5) is 0 Å². The van der Waals surface area contributed by atoms with Gasteiger partial charge in [0.05, 0.1) is 6.54 Å². The highest BCUT2D eigenvalue weighted by molar-refractivity contribution is 5.27. The van der Waals surface area contributed by atoms with Crippen molar-refractivity contribution in [3.63, 3.8) is 0 Å². The molecule has 1 aromatic carbocycles. The molecule has 2 rings (SSSR count). The predicted molar refractivity (Wildman–Crippen MR) is 79.7 cm³/mol. The lowest BCUT2D eigenvalue weighted by molar-refractivity contribution is 0.589.